The molecule has 2 fully saturated rings. The minimum Gasteiger partial charge on any atom is -0.444 e. The molecule has 6 nitrogen and oxygen atoms in total. The van der Waals surface area contributed by atoms with E-state index >= 15 is 0 Å². The van der Waals surface area contributed by atoms with E-state index in [2.05, 4.69) is 27.7 Å². The molecule has 0 spiro atoms. The molecule has 2 aliphatic heterocycles. The van der Waals surface area contributed by atoms with Gasteiger partial charge >= 0.3 is 6.09 Å². The van der Waals surface area contributed by atoms with Gasteiger partial charge in [-0.2, -0.15) is 0 Å². The van der Waals surface area contributed by atoms with Crippen molar-refractivity contribution in [1.29, 1.82) is 0 Å². The molecule has 3 heterocycles. The number of nitrogens with zero attached hydrogens (tertiary/aromatic N) is 2. The first-order chi connectivity index (χ1) is 13.3. The molecule has 1 unspecified atom stereocenters. The number of nitrogens with one attached hydrogen (secondary N) is 1. The van der Waals surface area contributed by atoms with Gasteiger partial charge in [-0.25, -0.2) is 4.79 Å². The number of thiophene rings is 1. The minimum absolute atomic E-state index is 0.0636. The molecule has 3 rings (SSSR count). The molecular formula is C21H33N3O3S. The van der Waals surface area contributed by atoms with Crippen molar-refractivity contribution < 1.29 is 14.3 Å². The van der Waals surface area contributed by atoms with Crippen LogP contribution in [-0.2, 0) is 9.53 Å². The second-order valence-corrected chi connectivity index (χ2v) is 9.68. The van der Waals surface area contributed by atoms with Crippen molar-refractivity contribution in [1.82, 2.24) is 15.1 Å². The topological polar surface area (TPSA) is 61.9 Å². The summed E-state index contributed by atoms with van der Waals surface area (Å²) < 4.78 is 5.52. The summed E-state index contributed by atoms with van der Waals surface area (Å²) in [6, 6.07) is 3.99. The number of hydrogen-bond acceptors (Lipinski definition) is 5. The molecule has 0 bridgehead atoms. The zero-order chi connectivity index (χ0) is 20.1. The first-order valence-electron chi connectivity index (χ1n) is 10.4. The van der Waals surface area contributed by atoms with Crippen LogP contribution in [0.25, 0.3) is 0 Å². The molecule has 1 N–H and O–H groups in total. The number of likely N-dealkylation sites (tertiary alicyclic amines) is 2. The summed E-state index contributed by atoms with van der Waals surface area (Å²) >= 11 is 1.74. The van der Waals surface area contributed by atoms with E-state index in [1.807, 2.05) is 20.8 Å². The Morgan fingerprint density at radius 2 is 1.93 bits per heavy atom. The highest BCUT2D eigenvalue weighted by Crippen LogP contribution is 2.28. The number of carbonyl (C=O) groups is 2. The van der Waals surface area contributed by atoms with Crippen LogP contribution in [0.15, 0.2) is 17.5 Å². The predicted octanol–water partition coefficient (Wildman–Crippen LogP) is 3.79. The van der Waals surface area contributed by atoms with Crippen LogP contribution in [-0.4, -0.2) is 59.6 Å². The average molecular weight is 408 g/mol. The Labute approximate surface area is 172 Å². The first-order valence-corrected chi connectivity index (χ1v) is 11.3. The Balaban J connectivity index is 1.63. The number of hydrogen-bond donors (Lipinski definition) is 1. The van der Waals surface area contributed by atoms with Gasteiger partial charge < -0.3 is 10.1 Å². The molecule has 0 radical (unpaired) electrons. The van der Waals surface area contributed by atoms with Crippen LogP contribution in [0.3, 0.4) is 0 Å². The van der Waals surface area contributed by atoms with Crippen molar-refractivity contribution in [3.63, 3.8) is 0 Å². The summed E-state index contributed by atoms with van der Waals surface area (Å²) in [5, 5.41) is 5.23. The highest BCUT2D eigenvalue weighted by Gasteiger charge is 2.35. The fraction of sp³-hybridized carbons (Fsp3) is 0.714. The van der Waals surface area contributed by atoms with E-state index in [9.17, 15) is 9.59 Å². The maximum Gasteiger partial charge on any atom is 0.410 e. The van der Waals surface area contributed by atoms with Crippen LogP contribution in [0.4, 0.5) is 4.79 Å². The molecule has 2 aliphatic rings. The van der Waals surface area contributed by atoms with E-state index < -0.39 is 11.6 Å². The largest absolute Gasteiger partial charge is 0.444 e. The van der Waals surface area contributed by atoms with E-state index in [0.717, 1.165) is 25.9 Å². The van der Waals surface area contributed by atoms with Crippen LogP contribution in [0.1, 0.15) is 63.8 Å². The molecule has 2 atom stereocenters. The third-order valence-electron chi connectivity index (χ3n) is 5.36. The number of rotatable bonds is 5. The smallest absolute Gasteiger partial charge is 0.410 e. The van der Waals surface area contributed by atoms with Gasteiger partial charge in [0.2, 0.25) is 5.91 Å². The van der Waals surface area contributed by atoms with Crippen LogP contribution < -0.4 is 5.32 Å². The van der Waals surface area contributed by atoms with Crippen LogP contribution >= 0.6 is 11.3 Å². The summed E-state index contributed by atoms with van der Waals surface area (Å²) in [6.45, 7) is 8.87. The monoisotopic (exact) mass is 407 g/mol. The molecule has 7 heteroatoms. The molecule has 0 saturated carbocycles. The Hall–Kier alpha value is -1.60. The van der Waals surface area contributed by atoms with E-state index in [4.69, 9.17) is 4.74 Å². The second kappa shape index (κ2) is 9.27. The van der Waals surface area contributed by atoms with Crippen LogP contribution in [0, 0.1) is 0 Å². The molecule has 0 aromatic carbocycles. The standard InChI is InChI=1S/C21H33N3O3S/c1-21(2,3)27-20(26)24-13-5-4-9-16(24)19(25)22-15-17(18-10-8-14-28-18)23-11-6-7-12-23/h8,10,14,16-17H,4-7,9,11-13,15H2,1-3H3,(H,22,25)/t16-,17?/m1/s1. The van der Waals surface area contributed by atoms with Gasteiger partial charge in [0, 0.05) is 18.0 Å². The fourth-order valence-corrected chi connectivity index (χ4v) is 4.86. The Morgan fingerprint density at radius 1 is 1.21 bits per heavy atom. The van der Waals surface area contributed by atoms with Gasteiger partial charge in [-0.3, -0.25) is 14.6 Å². The zero-order valence-corrected chi connectivity index (χ0v) is 18.1. The van der Waals surface area contributed by atoms with E-state index in [-0.39, 0.29) is 18.0 Å². The highest BCUT2D eigenvalue weighted by atomic mass is 32.1. The average Bonchev–Trinajstić information content (AvgIpc) is 3.35. The minimum atomic E-state index is -0.560. The normalized spacial score (nSPS) is 22.1. The lowest BCUT2D eigenvalue weighted by Gasteiger charge is -2.36. The quantitative estimate of drug-likeness (QED) is 0.807. The molecule has 2 amide bonds. The molecule has 1 aromatic heterocycles. The summed E-state index contributed by atoms with van der Waals surface area (Å²) in [5.41, 5.74) is -0.560. The number of piperidine rings is 1. The Kier molecular flexibility index (Phi) is 6.99. The van der Waals surface area contributed by atoms with Gasteiger partial charge in [0.15, 0.2) is 0 Å². The maximum atomic E-state index is 13.0. The van der Waals surface area contributed by atoms with Gasteiger partial charge in [-0.05, 0) is 77.4 Å². The van der Waals surface area contributed by atoms with E-state index in [1.54, 1.807) is 16.2 Å². The van der Waals surface area contributed by atoms with Gasteiger partial charge in [-0.1, -0.05) is 6.07 Å². The van der Waals surface area contributed by atoms with Crippen molar-refractivity contribution in [2.45, 2.75) is 70.6 Å². The van der Waals surface area contributed by atoms with Crippen molar-refractivity contribution in [3.8, 4) is 0 Å². The second-order valence-electron chi connectivity index (χ2n) is 8.70. The number of amides is 2. The number of carbonyl (C=O) groups excluding carboxylic acids is 2. The molecule has 2 saturated heterocycles. The summed E-state index contributed by atoms with van der Waals surface area (Å²) in [4.78, 5) is 30.9. The Bertz CT molecular complexity index is 650. The number of ether oxygens (including phenoxy) is 1. The van der Waals surface area contributed by atoms with Gasteiger partial charge in [-0.15, -0.1) is 11.3 Å². The predicted molar refractivity (Wildman–Crippen MR) is 111 cm³/mol. The van der Waals surface area contributed by atoms with Crippen molar-refractivity contribution in [2.24, 2.45) is 0 Å². The van der Waals surface area contributed by atoms with Gasteiger partial charge in [0.25, 0.3) is 0 Å². The maximum absolute atomic E-state index is 13.0. The van der Waals surface area contributed by atoms with Crippen molar-refractivity contribution in [2.75, 3.05) is 26.2 Å². The van der Waals surface area contributed by atoms with Gasteiger partial charge in [0.1, 0.15) is 11.6 Å². The lowest BCUT2D eigenvalue weighted by Crippen LogP contribution is -2.53. The highest BCUT2D eigenvalue weighted by molar-refractivity contribution is 7.10. The summed E-state index contributed by atoms with van der Waals surface area (Å²) in [6.07, 6.45) is 4.60. The van der Waals surface area contributed by atoms with Crippen LogP contribution in [0.5, 0.6) is 0 Å². The molecular weight excluding hydrogens is 374 g/mol. The molecule has 0 aliphatic carbocycles. The molecule has 1 aromatic rings. The lowest BCUT2D eigenvalue weighted by molar-refractivity contribution is -0.127. The van der Waals surface area contributed by atoms with Crippen LogP contribution in [0.2, 0.25) is 0 Å². The summed E-state index contributed by atoms with van der Waals surface area (Å²) in [5.74, 6) is -0.0636. The van der Waals surface area contributed by atoms with Gasteiger partial charge in [0.05, 0.1) is 6.04 Å². The fourth-order valence-electron chi connectivity index (χ4n) is 4.00. The molecule has 156 valence electrons. The van der Waals surface area contributed by atoms with E-state index in [0.29, 0.717) is 19.5 Å². The third-order valence-corrected chi connectivity index (χ3v) is 6.33. The van der Waals surface area contributed by atoms with E-state index in [1.165, 1.54) is 17.7 Å². The Morgan fingerprint density at radius 3 is 2.57 bits per heavy atom. The molecule has 28 heavy (non-hydrogen) atoms. The van der Waals surface area contributed by atoms with Crippen molar-refractivity contribution >= 4 is 23.3 Å². The lowest BCUT2D eigenvalue weighted by atomic mass is 10.0. The zero-order valence-electron chi connectivity index (χ0n) is 17.3. The SMILES string of the molecule is CC(C)(C)OC(=O)N1CCCC[C@@H]1C(=O)NCC(c1cccs1)N1CCCC1. The third kappa shape index (κ3) is 5.47. The first kappa shape index (κ1) is 21.1. The van der Waals surface area contributed by atoms with Crippen molar-refractivity contribution in [3.05, 3.63) is 22.4 Å². The summed E-state index contributed by atoms with van der Waals surface area (Å²) in [7, 11) is 0.